The van der Waals surface area contributed by atoms with Gasteiger partial charge in [-0.1, -0.05) is 20.1 Å². The van der Waals surface area contributed by atoms with Crippen LogP contribution in [0, 0.1) is 17.3 Å². The SMILES string of the molecule is C=C(C(=O)OC)[C@@H]1CC[C@@]2(C)CC[C@@H](O)C(=C)[C@@H]2C1. The number of carbonyl (C=O) groups excluding carboxylic acids is 1. The van der Waals surface area contributed by atoms with Gasteiger partial charge in [0.1, 0.15) is 0 Å². The standard InChI is InChI=1S/C16H24O3/c1-10(15(18)19-4)12-5-7-16(3)8-6-14(17)11(2)13(16)9-12/h12-14,17H,1-2,5-9H2,3-4H3/t12-,13+,14-,16+/m1/s1. The summed E-state index contributed by atoms with van der Waals surface area (Å²) in [6.45, 7) is 10.3. The Kier molecular flexibility index (Phi) is 3.86. The van der Waals surface area contributed by atoms with Crippen molar-refractivity contribution in [2.24, 2.45) is 17.3 Å². The van der Waals surface area contributed by atoms with E-state index in [1.165, 1.54) is 7.11 Å². The molecular weight excluding hydrogens is 240 g/mol. The molecule has 106 valence electrons. The lowest BCUT2D eigenvalue weighted by Gasteiger charge is -2.50. The van der Waals surface area contributed by atoms with Crippen molar-refractivity contribution in [2.75, 3.05) is 7.11 Å². The molecule has 2 fully saturated rings. The zero-order valence-electron chi connectivity index (χ0n) is 11.9. The summed E-state index contributed by atoms with van der Waals surface area (Å²) >= 11 is 0. The topological polar surface area (TPSA) is 46.5 Å². The molecule has 0 amide bonds. The van der Waals surface area contributed by atoms with Gasteiger partial charge in [0.2, 0.25) is 0 Å². The van der Waals surface area contributed by atoms with Crippen LogP contribution in [0.5, 0.6) is 0 Å². The van der Waals surface area contributed by atoms with E-state index in [9.17, 15) is 9.90 Å². The molecule has 4 atom stereocenters. The predicted molar refractivity (Wildman–Crippen MR) is 74.5 cm³/mol. The van der Waals surface area contributed by atoms with Crippen molar-refractivity contribution >= 4 is 5.97 Å². The quantitative estimate of drug-likeness (QED) is 0.474. The Labute approximate surface area is 115 Å². The second-order valence-electron chi connectivity index (χ2n) is 6.32. The number of ether oxygens (including phenoxy) is 1. The number of hydrogen-bond acceptors (Lipinski definition) is 3. The highest BCUT2D eigenvalue weighted by Gasteiger charge is 2.46. The predicted octanol–water partition coefficient (Wildman–Crippen LogP) is 2.85. The number of aliphatic hydroxyl groups excluding tert-OH is 1. The minimum absolute atomic E-state index is 0.160. The molecule has 0 aromatic carbocycles. The highest BCUT2D eigenvalue weighted by Crippen LogP contribution is 2.54. The molecule has 3 heteroatoms. The first-order chi connectivity index (χ1) is 8.89. The molecule has 19 heavy (non-hydrogen) atoms. The second kappa shape index (κ2) is 5.12. The molecule has 2 aliphatic carbocycles. The van der Waals surface area contributed by atoms with Crippen molar-refractivity contribution in [3.8, 4) is 0 Å². The second-order valence-corrected chi connectivity index (χ2v) is 6.32. The summed E-state index contributed by atoms with van der Waals surface area (Å²) < 4.78 is 4.76. The summed E-state index contributed by atoms with van der Waals surface area (Å²) in [6, 6.07) is 0. The van der Waals surface area contributed by atoms with Crippen LogP contribution in [0.4, 0.5) is 0 Å². The fourth-order valence-corrected chi connectivity index (χ4v) is 3.76. The van der Waals surface area contributed by atoms with Gasteiger partial charge < -0.3 is 9.84 Å². The molecule has 0 radical (unpaired) electrons. The van der Waals surface area contributed by atoms with E-state index in [1.54, 1.807) is 0 Å². The Morgan fingerprint density at radius 3 is 2.68 bits per heavy atom. The van der Waals surface area contributed by atoms with Gasteiger partial charge in [0.05, 0.1) is 13.2 Å². The van der Waals surface area contributed by atoms with Crippen LogP contribution in [0.2, 0.25) is 0 Å². The summed E-state index contributed by atoms with van der Waals surface area (Å²) in [5.41, 5.74) is 1.73. The number of fused-ring (bicyclic) bond motifs is 1. The monoisotopic (exact) mass is 264 g/mol. The minimum Gasteiger partial charge on any atom is -0.466 e. The molecule has 0 saturated heterocycles. The fourth-order valence-electron chi connectivity index (χ4n) is 3.76. The zero-order chi connectivity index (χ0) is 14.2. The molecule has 0 bridgehead atoms. The largest absolute Gasteiger partial charge is 0.466 e. The van der Waals surface area contributed by atoms with Crippen LogP contribution in [-0.2, 0) is 9.53 Å². The van der Waals surface area contributed by atoms with E-state index in [1.807, 2.05) is 0 Å². The normalized spacial score (nSPS) is 38.5. The maximum absolute atomic E-state index is 11.6. The zero-order valence-corrected chi connectivity index (χ0v) is 11.9. The molecule has 0 heterocycles. The third-order valence-electron chi connectivity index (χ3n) is 5.23. The van der Waals surface area contributed by atoms with Crippen molar-refractivity contribution in [1.29, 1.82) is 0 Å². The highest BCUT2D eigenvalue weighted by atomic mass is 16.5. The van der Waals surface area contributed by atoms with Gasteiger partial charge in [0.15, 0.2) is 0 Å². The van der Waals surface area contributed by atoms with Crippen LogP contribution in [0.15, 0.2) is 24.3 Å². The molecule has 2 saturated carbocycles. The van der Waals surface area contributed by atoms with E-state index < -0.39 is 0 Å². The molecule has 3 nitrogen and oxygen atoms in total. The van der Waals surface area contributed by atoms with Crippen molar-refractivity contribution in [2.45, 2.75) is 45.1 Å². The third kappa shape index (κ3) is 2.48. The molecule has 1 N–H and O–H groups in total. The van der Waals surface area contributed by atoms with Crippen LogP contribution in [0.25, 0.3) is 0 Å². The van der Waals surface area contributed by atoms with Crippen molar-refractivity contribution in [3.63, 3.8) is 0 Å². The first kappa shape index (κ1) is 14.3. The molecule has 2 aliphatic rings. The lowest BCUT2D eigenvalue weighted by Crippen LogP contribution is -2.43. The van der Waals surface area contributed by atoms with E-state index in [-0.39, 0.29) is 29.3 Å². The molecule has 0 aromatic rings. The van der Waals surface area contributed by atoms with Crippen molar-refractivity contribution < 1.29 is 14.6 Å². The summed E-state index contributed by atoms with van der Waals surface area (Å²) in [7, 11) is 1.39. The Bertz CT molecular complexity index is 412. The molecule has 0 aliphatic heterocycles. The Morgan fingerprint density at radius 2 is 2.05 bits per heavy atom. The fraction of sp³-hybridized carbons (Fsp3) is 0.688. The number of carbonyl (C=O) groups is 1. The van der Waals surface area contributed by atoms with Crippen molar-refractivity contribution in [1.82, 2.24) is 0 Å². The molecule has 2 rings (SSSR count). The van der Waals surface area contributed by atoms with Crippen LogP contribution < -0.4 is 0 Å². The highest BCUT2D eigenvalue weighted by molar-refractivity contribution is 5.88. The maximum Gasteiger partial charge on any atom is 0.333 e. The van der Waals surface area contributed by atoms with E-state index in [2.05, 4.69) is 20.1 Å². The first-order valence-corrected chi connectivity index (χ1v) is 7.03. The van der Waals surface area contributed by atoms with Gasteiger partial charge in [-0.15, -0.1) is 0 Å². The minimum atomic E-state index is -0.386. The number of aliphatic hydroxyl groups is 1. The van der Waals surface area contributed by atoms with Gasteiger partial charge in [0.25, 0.3) is 0 Å². The van der Waals surface area contributed by atoms with E-state index in [4.69, 9.17) is 4.74 Å². The van der Waals surface area contributed by atoms with Gasteiger partial charge in [-0.05, 0) is 54.9 Å². The summed E-state index contributed by atoms with van der Waals surface area (Å²) in [6.07, 6.45) is 4.36. The van der Waals surface area contributed by atoms with Crippen LogP contribution in [0.3, 0.4) is 0 Å². The number of rotatable bonds is 2. The van der Waals surface area contributed by atoms with Gasteiger partial charge >= 0.3 is 5.97 Å². The van der Waals surface area contributed by atoms with Gasteiger partial charge in [-0.25, -0.2) is 4.79 Å². The lowest BCUT2D eigenvalue weighted by atomic mass is 9.55. The molecule has 0 unspecified atom stereocenters. The molecular formula is C16H24O3. The average Bonchev–Trinajstić information content (AvgIpc) is 2.41. The van der Waals surface area contributed by atoms with Crippen LogP contribution in [0.1, 0.15) is 39.0 Å². The Balaban J connectivity index is 2.14. The molecule has 0 spiro atoms. The smallest absolute Gasteiger partial charge is 0.333 e. The van der Waals surface area contributed by atoms with E-state index in [0.29, 0.717) is 5.57 Å². The van der Waals surface area contributed by atoms with Crippen LogP contribution >= 0.6 is 0 Å². The number of esters is 1. The van der Waals surface area contributed by atoms with E-state index >= 15 is 0 Å². The Hall–Kier alpha value is -1.09. The first-order valence-electron chi connectivity index (χ1n) is 7.03. The summed E-state index contributed by atoms with van der Waals surface area (Å²) in [5.74, 6) is 0.138. The average molecular weight is 264 g/mol. The van der Waals surface area contributed by atoms with Crippen molar-refractivity contribution in [3.05, 3.63) is 24.3 Å². The van der Waals surface area contributed by atoms with Gasteiger partial charge in [-0.2, -0.15) is 0 Å². The lowest BCUT2D eigenvalue weighted by molar-refractivity contribution is -0.137. The summed E-state index contributed by atoms with van der Waals surface area (Å²) in [5, 5.41) is 10.00. The maximum atomic E-state index is 11.6. The van der Waals surface area contributed by atoms with Gasteiger partial charge in [0, 0.05) is 5.57 Å². The summed E-state index contributed by atoms with van der Waals surface area (Å²) in [4.78, 5) is 11.6. The van der Waals surface area contributed by atoms with E-state index in [0.717, 1.165) is 37.7 Å². The third-order valence-corrected chi connectivity index (χ3v) is 5.23. The number of hydrogen-bond donors (Lipinski definition) is 1. The molecule has 0 aromatic heterocycles. The number of methoxy groups -OCH3 is 1. The Morgan fingerprint density at radius 1 is 1.42 bits per heavy atom. The van der Waals surface area contributed by atoms with Gasteiger partial charge in [-0.3, -0.25) is 0 Å². The van der Waals surface area contributed by atoms with Crippen LogP contribution in [-0.4, -0.2) is 24.3 Å².